The van der Waals surface area contributed by atoms with E-state index < -0.39 is 0 Å². The lowest BCUT2D eigenvalue weighted by Gasteiger charge is -2.07. The fourth-order valence-electron chi connectivity index (χ4n) is 2.50. The molecule has 8 nitrogen and oxygen atoms in total. The lowest BCUT2D eigenvalue weighted by molar-refractivity contribution is -0.126. The maximum Gasteiger partial charge on any atom is 0.240 e. The van der Waals surface area contributed by atoms with Gasteiger partial charge in [-0.25, -0.2) is 10.9 Å². The summed E-state index contributed by atoms with van der Waals surface area (Å²) >= 11 is 6.78. The van der Waals surface area contributed by atoms with E-state index in [1.807, 2.05) is 50.2 Å². The van der Waals surface area contributed by atoms with Crippen LogP contribution in [0.25, 0.3) is 0 Å². The Balaban J connectivity index is 1.81. The molecule has 0 bridgehead atoms. The Morgan fingerprint density at radius 1 is 0.812 bits per heavy atom. The van der Waals surface area contributed by atoms with Crippen molar-refractivity contribution in [2.75, 3.05) is 13.2 Å². The summed E-state index contributed by atoms with van der Waals surface area (Å²) in [6.07, 6.45) is 2.92. The molecule has 0 aliphatic carbocycles. The number of halogens is 2. The summed E-state index contributed by atoms with van der Waals surface area (Å²) in [5, 5.41) is 7.87. The van der Waals surface area contributed by atoms with E-state index >= 15 is 0 Å². The van der Waals surface area contributed by atoms with Gasteiger partial charge in [0.05, 0.1) is 25.6 Å². The fourth-order valence-corrected chi connectivity index (χ4v) is 3.26. The second-order valence-electron chi connectivity index (χ2n) is 6.32. The van der Waals surface area contributed by atoms with E-state index in [1.54, 1.807) is 0 Å². The molecule has 2 aromatic rings. The number of hydrazone groups is 2. The largest absolute Gasteiger partial charge is 0.493 e. The molecule has 2 rings (SSSR count). The Morgan fingerprint density at radius 3 is 1.59 bits per heavy atom. The van der Waals surface area contributed by atoms with Crippen molar-refractivity contribution >= 4 is 56.1 Å². The molecular weight excluding hydrogens is 544 g/mol. The van der Waals surface area contributed by atoms with Crippen molar-refractivity contribution in [2.24, 2.45) is 10.2 Å². The Morgan fingerprint density at radius 2 is 1.22 bits per heavy atom. The molecule has 0 fully saturated rings. The van der Waals surface area contributed by atoms with Crippen molar-refractivity contribution < 1.29 is 19.1 Å². The van der Waals surface area contributed by atoms with Crippen LogP contribution in [0.3, 0.4) is 0 Å². The minimum Gasteiger partial charge on any atom is -0.493 e. The average molecular weight is 568 g/mol. The van der Waals surface area contributed by atoms with Gasteiger partial charge in [0.15, 0.2) is 0 Å². The zero-order valence-corrected chi connectivity index (χ0v) is 20.9. The van der Waals surface area contributed by atoms with Crippen molar-refractivity contribution in [2.45, 2.75) is 26.7 Å². The topological polar surface area (TPSA) is 101 Å². The highest BCUT2D eigenvalue weighted by atomic mass is 79.9. The first-order valence-corrected chi connectivity index (χ1v) is 11.5. The van der Waals surface area contributed by atoms with Crippen LogP contribution in [0.2, 0.25) is 0 Å². The molecule has 2 N–H and O–H groups in total. The Hall–Kier alpha value is -2.72. The summed E-state index contributed by atoms with van der Waals surface area (Å²) in [5.41, 5.74) is 6.24. The SMILES string of the molecule is CCOc1ccc(Br)cc1C=NNC(=O)CCC(=O)NN=Cc1cc(Br)ccc1OCC. The van der Waals surface area contributed by atoms with Gasteiger partial charge in [-0.05, 0) is 50.2 Å². The number of nitrogens with zero attached hydrogens (tertiary/aromatic N) is 2. The summed E-state index contributed by atoms with van der Waals surface area (Å²) < 4.78 is 12.8. The quantitative estimate of drug-likeness (QED) is 0.310. The molecule has 170 valence electrons. The molecular formula is C22H24Br2N4O4. The average Bonchev–Trinajstić information content (AvgIpc) is 2.76. The molecule has 0 atom stereocenters. The molecule has 0 radical (unpaired) electrons. The van der Waals surface area contributed by atoms with Gasteiger partial charge in [-0.15, -0.1) is 0 Å². The lowest BCUT2D eigenvalue weighted by Crippen LogP contribution is -2.22. The van der Waals surface area contributed by atoms with Crippen molar-refractivity contribution in [1.82, 2.24) is 10.9 Å². The second-order valence-corrected chi connectivity index (χ2v) is 8.15. The predicted octanol–water partition coefficient (Wildman–Crippen LogP) is 4.39. The van der Waals surface area contributed by atoms with Gasteiger partial charge in [-0.1, -0.05) is 31.9 Å². The van der Waals surface area contributed by atoms with Gasteiger partial charge < -0.3 is 9.47 Å². The van der Waals surface area contributed by atoms with Gasteiger partial charge in [0.1, 0.15) is 11.5 Å². The minimum atomic E-state index is -0.390. The van der Waals surface area contributed by atoms with E-state index in [9.17, 15) is 9.59 Å². The maximum absolute atomic E-state index is 12.0. The molecule has 0 aliphatic heterocycles. The van der Waals surface area contributed by atoms with E-state index in [2.05, 4.69) is 52.9 Å². The fraction of sp³-hybridized carbons (Fsp3) is 0.273. The molecule has 2 aromatic carbocycles. The van der Waals surface area contributed by atoms with Gasteiger partial charge >= 0.3 is 0 Å². The Bertz CT molecular complexity index is 916. The van der Waals surface area contributed by atoms with Crippen LogP contribution in [0.1, 0.15) is 37.8 Å². The first-order valence-electron chi connectivity index (χ1n) is 9.91. The van der Waals surface area contributed by atoms with Crippen molar-refractivity contribution in [3.63, 3.8) is 0 Å². The van der Waals surface area contributed by atoms with Gasteiger partial charge in [0.2, 0.25) is 11.8 Å². The molecule has 10 heteroatoms. The standard InChI is InChI=1S/C22H24Br2N4O4/c1-3-31-19-7-5-17(23)11-15(19)13-25-27-21(29)9-10-22(30)28-26-14-16-12-18(24)6-8-20(16)32-4-2/h5-8,11-14H,3-4,9-10H2,1-2H3,(H,27,29)(H,28,30). The number of rotatable bonds is 11. The summed E-state index contributed by atoms with van der Waals surface area (Å²) in [7, 11) is 0. The number of amides is 2. The predicted molar refractivity (Wildman–Crippen MR) is 131 cm³/mol. The zero-order valence-electron chi connectivity index (χ0n) is 17.7. The van der Waals surface area contributed by atoms with Crippen LogP contribution >= 0.6 is 31.9 Å². The Labute approximate surface area is 203 Å². The van der Waals surface area contributed by atoms with Crippen LogP contribution in [0.4, 0.5) is 0 Å². The van der Waals surface area contributed by atoms with Gasteiger partial charge in [0, 0.05) is 32.9 Å². The van der Waals surface area contributed by atoms with Crippen LogP contribution in [-0.4, -0.2) is 37.5 Å². The third-order valence-electron chi connectivity index (χ3n) is 3.91. The van der Waals surface area contributed by atoms with Crippen LogP contribution in [0.5, 0.6) is 11.5 Å². The van der Waals surface area contributed by atoms with E-state index in [0.29, 0.717) is 35.8 Å². The van der Waals surface area contributed by atoms with E-state index in [1.165, 1.54) is 12.4 Å². The van der Waals surface area contributed by atoms with E-state index in [0.717, 1.165) is 8.95 Å². The smallest absolute Gasteiger partial charge is 0.240 e. The first-order chi connectivity index (χ1) is 15.4. The summed E-state index contributed by atoms with van der Waals surface area (Å²) in [6, 6.07) is 11.0. The summed E-state index contributed by atoms with van der Waals surface area (Å²) in [5.74, 6) is 0.533. The van der Waals surface area contributed by atoms with Gasteiger partial charge in [-0.2, -0.15) is 10.2 Å². The normalized spacial score (nSPS) is 11.0. The highest BCUT2D eigenvalue weighted by Gasteiger charge is 2.07. The minimum absolute atomic E-state index is 0.0312. The van der Waals surface area contributed by atoms with Crippen LogP contribution in [-0.2, 0) is 9.59 Å². The molecule has 0 spiro atoms. The third-order valence-corrected chi connectivity index (χ3v) is 4.89. The highest BCUT2D eigenvalue weighted by Crippen LogP contribution is 2.22. The summed E-state index contributed by atoms with van der Waals surface area (Å²) in [6.45, 7) is 4.80. The van der Waals surface area contributed by atoms with Gasteiger partial charge in [0.25, 0.3) is 0 Å². The number of hydrogen-bond donors (Lipinski definition) is 2. The third kappa shape index (κ3) is 8.80. The van der Waals surface area contributed by atoms with Crippen LogP contribution < -0.4 is 20.3 Å². The number of carbonyl (C=O) groups excluding carboxylic acids is 2. The second kappa shape index (κ2) is 13.6. The number of carbonyl (C=O) groups is 2. The molecule has 2 amide bonds. The monoisotopic (exact) mass is 566 g/mol. The van der Waals surface area contributed by atoms with Crippen molar-refractivity contribution in [3.05, 3.63) is 56.5 Å². The van der Waals surface area contributed by atoms with Crippen molar-refractivity contribution in [1.29, 1.82) is 0 Å². The highest BCUT2D eigenvalue weighted by molar-refractivity contribution is 9.10. The van der Waals surface area contributed by atoms with Crippen LogP contribution in [0, 0.1) is 0 Å². The lowest BCUT2D eigenvalue weighted by atomic mass is 10.2. The number of benzene rings is 2. The molecule has 32 heavy (non-hydrogen) atoms. The summed E-state index contributed by atoms with van der Waals surface area (Å²) in [4.78, 5) is 23.9. The molecule has 0 heterocycles. The number of nitrogens with one attached hydrogen (secondary N) is 2. The maximum atomic E-state index is 12.0. The molecule has 0 unspecified atom stereocenters. The van der Waals surface area contributed by atoms with E-state index in [4.69, 9.17) is 9.47 Å². The Kier molecular flexibility index (Phi) is 10.9. The number of hydrogen-bond acceptors (Lipinski definition) is 6. The van der Waals surface area contributed by atoms with E-state index in [-0.39, 0.29) is 24.7 Å². The molecule has 0 aromatic heterocycles. The molecule has 0 aliphatic rings. The molecule has 0 saturated heterocycles. The first kappa shape index (κ1) is 25.5. The number of ether oxygens (including phenoxy) is 2. The van der Waals surface area contributed by atoms with Crippen LogP contribution in [0.15, 0.2) is 55.5 Å². The van der Waals surface area contributed by atoms with Gasteiger partial charge in [-0.3, -0.25) is 9.59 Å². The van der Waals surface area contributed by atoms with Crippen molar-refractivity contribution in [3.8, 4) is 11.5 Å². The molecule has 0 saturated carbocycles. The zero-order chi connectivity index (χ0) is 23.3.